The Morgan fingerprint density at radius 2 is 1.89 bits per heavy atom. The number of H-pyrrole nitrogens is 1. The molecule has 0 spiro atoms. The summed E-state index contributed by atoms with van der Waals surface area (Å²) in [5.74, 6) is 0.759. The van der Waals surface area contributed by atoms with E-state index in [1.807, 2.05) is 48.5 Å². The number of fused-ring (bicyclic) bond motifs is 1. The molecule has 3 nitrogen and oxygen atoms in total. The van der Waals surface area contributed by atoms with Crippen molar-refractivity contribution in [3.05, 3.63) is 65.9 Å². The van der Waals surface area contributed by atoms with E-state index in [2.05, 4.69) is 4.98 Å². The van der Waals surface area contributed by atoms with Gasteiger partial charge in [-0.3, -0.25) is 4.79 Å². The standard InChI is InChI=1S/C16H13NO2/c18-10-13-9-17-16-14(13)7-4-8-15(16)19-11-12-5-2-1-3-6-12/h1-10,17H,11H2. The molecule has 3 aromatic rings. The molecular formula is C16H13NO2. The predicted molar refractivity (Wildman–Crippen MR) is 74.5 cm³/mol. The molecule has 0 atom stereocenters. The summed E-state index contributed by atoms with van der Waals surface area (Å²) in [7, 11) is 0. The van der Waals surface area contributed by atoms with Crippen LogP contribution in [-0.2, 0) is 6.61 Å². The number of carbonyl (C=O) groups is 1. The summed E-state index contributed by atoms with van der Waals surface area (Å²) in [6, 6.07) is 15.7. The van der Waals surface area contributed by atoms with Gasteiger partial charge < -0.3 is 9.72 Å². The Bertz CT molecular complexity index is 701. The first-order valence-electron chi connectivity index (χ1n) is 6.10. The maximum absolute atomic E-state index is 10.9. The van der Waals surface area contributed by atoms with Crippen molar-refractivity contribution in [2.24, 2.45) is 0 Å². The Labute approximate surface area is 110 Å². The fraction of sp³-hybridized carbons (Fsp3) is 0.0625. The van der Waals surface area contributed by atoms with Crippen molar-refractivity contribution in [3.8, 4) is 5.75 Å². The Kier molecular flexibility index (Phi) is 3.02. The van der Waals surface area contributed by atoms with Gasteiger partial charge in [-0.15, -0.1) is 0 Å². The lowest BCUT2D eigenvalue weighted by atomic mass is 10.2. The molecule has 0 saturated heterocycles. The fourth-order valence-corrected chi connectivity index (χ4v) is 2.10. The van der Waals surface area contributed by atoms with Gasteiger partial charge in [0.2, 0.25) is 0 Å². The Morgan fingerprint density at radius 1 is 1.05 bits per heavy atom. The lowest BCUT2D eigenvalue weighted by Gasteiger charge is -2.07. The second-order valence-electron chi connectivity index (χ2n) is 4.31. The van der Waals surface area contributed by atoms with Crippen molar-refractivity contribution in [1.82, 2.24) is 4.98 Å². The van der Waals surface area contributed by atoms with Crippen molar-refractivity contribution >= 4 is 17.2 Å². The zero-order chi connectivity index (χ0) is 13.1. The van der Waals surface area contributed by atoms with E-state index < -0.39 is 0 Å². The molecule has 0 radical (unpaired) electrons. The molecule has 0 unspecified atom stereocenters. The minimum Gasteiger partial charge on any atom is -0.487 e. The number of ether oxygens (including phenoxy) is 1. The zero-order valence-corrected chi connectivity index (χ0v) is 10.3. The van der Waals surface area contributed by atoms with Crippen LogP contribution in [0.4, 0.5) is 0 Å². The van der Waals surface area contributed by atoms with Crippen LogP contribution in [0.25, 0.3) is 10.9 Å². The number of hydrogen-bond acceptors (Lipinski definition) is 2. The summed E-state index contributed by atoms with van der Waals surface area (Å²) in [5, 5.41) is 0.889. The maximum atomic E-state index is 10.9. The van der Waals surface area contributed by atoms with E-state index in [0.29, 0.717) is 12.2 Å². The molecule has 0 saturated carbocycles. The average molecular weight is 251 g/mol. The van der Waals surface area contributed by atoms with E-state index >= 15 is 0 Å². The summed E-state index contributed by atoms with van der Waals surface area (Å²) in [6.07, 6.45) is 2.55. The van der Waals surface area contributed by atoms with E-state index in [0.717, 1.165) is 28.5 Å². The lowest BCUT2D eigenvalue weighted by molar-refractivity contribution is 0.112. The van der Waals surface area contributed by atoms with Gasteiger partial charge >= 0.3 is 0 Å². The predicted octanol–water partition coefficient (Wildman–Crippen LogP) is 3.56. The van der Waals surface area contributed by atoms with Gasteiger partial charge in [0, 0.05) is 17.1 Å². The molecule has 3 rings (SSSR count). The topological polar surface area (TPSA) is 42.1 Å². The minimum atomic E-state index is 0.509. The van der Waals surface area contributed by atoms with Crippen LogP contribution >= 0.6 is 0 Å². The van der Waals surface area contributed by atoms with Gasteiger partial charge in [-0.05, 0) is 11.6 Å². The van der Waals surface area contributed by atoms with Crippen LogP contribution in [0.15, 0.2) is 54.7 Å². The van der Waals surface area contributed by atoms with Gasteiger partial charge in [0.15, 0.2) is 6.29 Å². The van der Waals surface area contributed by atoms with Crippen molar-refractivity contribution in [1.29, 1.82) is 0 Å². The number of rotatable bonds is 4. The number of aromatic amines is 1. The molecule has 1 heterocycles. The highest BCUT2D eigenvalue weighted by Gasteiger charge is 2.07. The van der Waals surface area contributed by atoms with E-state index in [4.69, 9.17) is 4.74 Å². The summed E-state index contributed by atoms with van der Waals surface area (Å²) >= 11 is 0. The zero-order valence-electron chi connectivity index (χ0n) is 10.3. The van der Waals surface area contributed by atoms with Crippen LogP contribution in [0.5, 0.6) is 5.75 Å². The van der Waals surface area contributed by atoms with Crippen LogP contribution in [-0.4, -0.2) is 11.3 Å². The van der Waals surface area contributed by atoms with Crippen LogP contribution < -0.4 is 4.74 Å². The number of para-hydroxylation sites is 1. The third-order valence-corrected chi connectivity index (χ3v) is 3.07. The van der Waals surface area contributed by atoms with E-state index in [1.165, 1.54) is 0 Å². The molecule has 0 bridgehead atoms. The Hall–Kier alpha value is -2.55. The number of aldehydes is 1. The van der Waals surface area contributed by atoms with Gasteiger partial charge in [0.25, 0.3) is 0 Å². The maximum Gasteiger partial charge on any atom is 0.152 e. The minimum absolute atomic E-state index is 0.509. The first kappa shape index (κ1) is 11.5. The van der Waals surface area contributed by atoms with Gasteiger partial charge in [-0.25, -0.2) is 0 Å². The first-order valence-corrected chi connectivity index (χ1v) is 6.10. The molecule has 1 aromatic heterocycles. The van der Waals surface area contributed by atoms with E-state index in [1.54, 1.807) is 6.20 Å². The van der Waals surface area contributed by atoms with Crippen LogP contribution in [0.3, 0.4) is 0 Å². The second-order valence-corrected chi connectivity index (χ2v) is 4.31. The molecule has 19 heavy (non-hydrogen) atoms. The third kappa shape index (κ3) is 2.22. The Morgan fingerprint density at radius 3 is 2.68 bits per heavy atom. The molecule has 0 amide bonds. The first-order chi connectivity index (χ1) is 9.38. The van der Waals surface area contributed by atoms with Crippen LogP contribution in [0, 0.1) is 0 Å². The highest BCUT2D eigenvalue weighted by atomic mass is 16.5. The highest BCUT2D eigenvalue weighted by molar-refractivity contribution is 5.99. The molecule has 2 aromatic carbocycles. The molecule has 0 aliphatic carbocycles. The quantitative estimate of drug-likeness (QED) is 0.720. The highest BCUT2D eigenvalue weighted by Crippen LogP contribution is 2.27. The summed E-state index contributed by atoms with van der Waals surface area (Å²) in [4.78, 5) is 14.0. The Balaban J connectivity index is 1.89. The third-order valence-electron chi connectivity index (χ3n) is 3.07. The van der Waals surface area contributed by atoms with Gasteiger partial charge in [-0.2, -0.15) is 0 Å². The normalized spacial score (nSPS) is 10.5. The molecular weight excluding hydrogens is 238 g/mol. The summed E-state index contributed by atoms with van der Waals surface area (Å²) in [5.41, 5.74) is 2.63. The van der Waals surface area contributed by atoms with Crippen molar-refractivity contribution < 1.29 is 9.53 Å². The molecule has 0 fully saturated rings. The van der Waals surface area contributed by atoms with Gasteiger partial charge in [0.05, 0.1) is 5.52 Å². The van der Waals surface area contributed by atoms with Crippen molar-refractivity contribution in [2.75, 3.05) is 0 Å². The van der Waals surface area contributed by atoms with Crippen molar-refractivity contribution in [3.63, 3.8) is 0 Å². The van der Waals surface area contributed by atoms with Gasteiger partial charge in [0.1, 0.15) is 12.4 Å². The monoisotopic (exact) mass is 251 g/mol. The summed E-state index contributed by atoms with van der Waals surface area (Å²) < 4.78 is 5.82. The van der Waals surface area contributed by atoms with Gasteiger partial charge in [-0.1, -0.05) is 42.5 Å². The molecule has 0 aliphatic heterocycles. The number of hydrogen-bond donors (Lipinski definition) is 1. The number of benzene rings is 2. The lowest BCUT2D eigenvalue weighted by Crippen LogP contribution is -1.95. The molecule has 0 aliphatic rings. The summed E-state index contributed by atoms with van der Waals surface area (Å²) in [6.45, 7) is 0.509. The van der Waals surface area contributed by atoms with E-state index in [9.17, 15) is 4.79 Å². The molecule has 94 valence electrons. The van der Waals surface area contributed by atoms with Crippen LogP contribution in [0.2, 0.25) is 0 Å². The fourth-order valence-electron chi connectivity index (χ4n) is 2.10. The number of aromatic nitrogens is 1. The van der Waals surface area contributed by atoms with E-state index in [-0.39, 0.29) is 0 Å². The van der Waals surface area contributed by atoms with Crippen molar-refractivity contribution in [2.45, 2.75) is 6.61 Å². The SMILES string of the molecule is O=Cc1c[nH]c2c(OCc3ccccc3)cccc12. The van der Waals surface area contributed by atoms with Crippen LogP contribution in [0.1, 0.15) is 15.9 Å². The largest absolute Gasteiger partial charge is 0.487 e. The second kappa shape index (κ2) is 4.98. The average Bonchev–Trinajstić information content (AvgIpc) is 2.90. The molecule has 3 heteroatoms. The molecule has 1 N–H and O–H groups in total. The number of carbonyl (C=O) groups excluding carboxylic acids is 1. The smallest absolute Gasteiger partial charge is 0.152 e. The number of nitrogens with one attached hydrogen (secondary N) is 1.